The van der Waals surface area contributed by atoms with Gasteiger partial charge in [0.25, 0.3) is 11.8 Å². The summed E-state index contributed by atoms with van der Waals surface area (Å²) >= 11 is 0. The molecule has 1 heterocycles. The average molecular weight is 525 g/mol. The van der Waals surface area contributed by atoms with Crippen molar-refractivity contribution in [2.45, 2.75) is 45.1 Å². The number of aryl methyl sites for hydroxylation is 1. The molecule has 0 saturated carbocycles. The van der Waals surface area contributed by atoms with Crippen molar-refractivity contribution in [3.63, 3.8) is 0 Å². The van der Waals surface area contributed by atoms with Crippen LogP contribution in [0.1, 0.15) is 52.4 Å². The van der Waals surface area contributed by atoms with Crippen LogP contribution in [0, 0.1) is 19.8 Å². The second-order valence-electron chi connectivity index (χ2n) is 9.45. The van der Waals surface area contributed by atoms with Crippen molar-refractivity contribution in [1.29, 1.82) is 0 Å². The molecule has 2 aromatic carbocycles. The number of hydrogen-bond donors (Lipinski definition) is 3. The molecule has 0 radical (unpaired) electrons. The van der Waals surface area contributed by atoms with E-state index in [1.165, 1.54) is 24.3 Å². The Morgan fingerprint density at radius 3 is 2.14 bits per heavy atom. The zero-order chi connectivity index (χ0) is 27.5. The number of para-hydroxylation sites is 1. The number of aromatic nitrogens is 1. The number of hydrogen-bond acceptors (Lipinski definition) is 5. The van der Waals surface area contributed by atoms with Gasteiger partial charge in [-0.3, -0.25) is 14.4 Å². The summed E-state index contributed by atoms with van der Waals surface area (Å²) in [4.78, 5) is 38.3. The summed E-state index contributed by atoms with van der Waals surface area (Å²) in [6.45, 7) is 7.48. The molecular weight excluding hydrogens is 492 g/mol. The Kier molecular flexibility index (Phi) is 8.22. The van der Waals surface area contributed by atoms with Gasteiger partial charge in [-0.15, -0.1) is 0 Å². The summed E-state index contributed by atoms with van der Waals surface area (Å²) < 4.78 is 25.2. The number of nitrogens with zero attached hydrogens (tertiary/aromatic N) is 1. The number of nitrogens with two attached hydrogens (primary N) is 1. The maximum absolute atomic E-state index is 13.2. The molecule has 196 valence electrons. The summed E-state index contributed by atoms with van der Waals surface area (Å²) in [6.07, 6.45) is 1.53. The van der Waals surface area contributed by atoms with Gasteiger partial charge in [-0.1, -0.05) is 26.0 Å². The van der Waals surface area contributed by atoms with E-state index in [9.17, 15) is 22.8 Å². The van der Waals surface area contributed by atoms with Gasteiger partial charge in [0.1, 0.15) is 6.04 Å². The maximum Gasteiger partial charge on any atom is 0.257 e. The van der Waals surface area contributed by atoms with Crippen LogP contribution < -0.4 is 16.4 Å². The fourth-order valence-corrected chi connectivity index (χ4v) is 4.79. The first-order chi connectivity index (χ1) is 17.3. The lowest BCUT2D eigenvalue weighted by Crippen LogP contribution is -2.45. The number of carbonyl (C=O) groups is 3. The number of amides is 3. The largest absolute Gasteiger partial charge is 0.368 e. The molecule has 10 heteroatoms. The minimum atomic E-state index is -3.34. The van der Waals surface area contributed by atoms with Gasteiger partial charge in [-0.05, 0) is 68.7 Å². The topological polar surface area (TPSA) is 140 Å². The number of sulfone groups is 1. The van der Waals surface area contributed by atoms with Gasteiger partial charge in [-0.2, -0.15) is 0 Å². The highest BCUT2D eigenvalue weighted by Gasteiger charge is 2.24. The van der Waals surface area contributed by atoms with E-state index < -0.39 is 27.7 Å². The average Bonchev–Trinajstić information content (AvgIpc) is 3.11. The standard InChI is InChI=1S/C27H32N4O5S/c1-16(2)14-23(25(28)32)30-26(33)21-8-6-7-9-24(21)31-17(3)15-22(18(31)4)27(34)29-19-10-12-20(13-11-19)37(5,35)36/h6-13,15-16,23H,14H2,1-5H3,(H2,28,32)(H,29,34)(H,30,33)/t23-/m0/s1. The van der Waals surface area contributed by atoms with Crippen LogP contribution in [-0.4, -0.2) is 43.0 Å². The summed E-state index contributed by atoms with van der Waals surface area (Å²) in [7, 11) is -3.34. The third kappa shape index (κ3) is 6.45. The minimum absolute atomic E-state index is 0.158. The van der Waals surface area contributed by atoms with Crippen molar-refractivity contribution in [2.24, 2.45) is 11.7 Å². The minimum Gasteiger partial charge on any atom is -0.368 e. The Morgan fingerprint density at radius 1 is 0.946 bits per heavy atom. The van der Waals surface area contributed by atoms with Crippen LogP contribution in [0.2, 0.25) is 0 Å². The highest BCUT2D eigenvalue weighted by atomic mass is 32.2. The molecule has 1 aromatic heterocycles. The van der Waals surface area contributed by atoms with Crippen LogP contribution in [-0.2, 0) is 14.6 Å². The number of nitrogens with one attached hydrogen (secondary N) is 2. The number of rotatable bonds is 9. The van der Waals surface area contributed by atoms with Gasteiger partial charge < -0.3 is 20.9 Å². The van der Waals surface area contributed by atoms with Crippen LogP contribution in [0.25, 0.3) is 5.69 Å². The fourth-order valence-electron chi connectivity index (χ4n) is 4.16. The van der Waals surface area contributed by atoms with Crippen molar-refractivity contribution in [2.75, 3.05) is 11.6 Å². The zero-order valence-corrected chi connectivity index (χ0v) is 22.3. The van der Waals surface area contributed by atoms with E-state index in [0.29, 0.717) is 34.6 Å². The molecule has 0 unspecified atom stereocenters. The number of carbonyl (C=O) groups excluding carboxylic acids is 3. The predicted molar refractivity (Wildman–Crippen MR) is 143 cm³/mol. The van der Waals surface area contributed by atoms with Crippen LogP contribution in [0.3, 0.4) is 0 Å². The fraction of sp³-hybridized carbons (Fsp3) is 0.296. The van der Waals surface area contributed by atoms with E-state index in [0.717, 1.165) is 11.9 Å². The first-order valence-electron chi connectivity index (χ1n) is 11.8. The van der Waals surface area contributed by atoms with Gasteiger partial charge in [0, 0.05) is 23.3 Å². The van der Waals surface area contributed by atoms with E-state index in [1.807, 2.05) is 20.8 Å². The molecule has 0 aliphatic heterocycles. The Bertz CT molecular complexity index is 1440. The van der Waals surface area contributed by atoms with Crippen molar-refractivity contribution in [3.8, 4) is 5.69 Å². The van der Waals surface area contributed by atoms with Crippen molar-refractivity contribution in [3.05, 3.63) is 77.1 Å². The zero-order valence-electron chi connectivity index (χ0n) is 21.5. The lowest BCUT2D eigenvalue weighted by Gasteiger charge is -2.19. The van der Waals surface area contributed by atoms with Crippen molar-refractivity contribution >= 4 is 33.2 Å². The van der Waals surface area contributed by atoms with Crippen LogP contribution >= 0.6 is 0 Å². The lowest BCUT2D eigenvalue weighted by atomic mass is 10.0. The monoisotopic (exact) mass is 524 g/mol. The van der Waals surface area contributed by atoms with Crippen molar-refractivity contribution in [1.82, 2.24) is 9.88 Å². The molecule has 0 aliphatic carbocycles. The van der Waals surface area contributed by atoms with Crippen LogP contribution in [0.4, 0.5) is 5.69 Å². The van der Waals surface area contributed by atoms with Gasteiger partial charge in [0.15, 0.2) is 9.84 Å². The Labute approximate surface area is 217 Å². The van der Waals surface area contributed by atoms with E-state index in [4.69, 9.17) is 5.73 Å². The van der Waals surface area contributed by atoms with E-state index in [1.54, 1.807) is 41.8 Å². The number of benzene rings is 2. The molecule has 9 nitrogen and oxygen atoms in total. The second-order valence-corrected chi connectivity index (χ2v) is 11.5. The Balaban J connectivity index is 1.91. The lowest BCUT2D eigenvalue weighted by molar-refractivity contribution is -0.120. The first-order valence-corrected chi connectivity index (χ1v) is 13.7. The predicted octanol–water partition coefficient (Wildman–Crippen LogP) is 3.38. The molecule has 3 aromatic rings. The van der Waals surface area contributed by atoms with Gasteiger partial charge in [0.2, 0.25) is 5.91 Å². The van der Waals surface area contributed by atoms with Crippen molar-refractivity contribution < 1.29 is 22.8 Å². The van der Waals surface area contributed by atoms with Gasteiger partial charge >= 0.3 is 0 Å². The molecule has 0 fully saturated rings. The molecule has 0 aliphatic rings. The molecule has 4 N–H and O–H groups in total. The van der Waals surface area contributed by atoms with Gasteiger partial charge in [0.05, 0.1) is 21.7 Å². The van der Waals surface area contributed by atoms with Crippen LogP contribution in [0.5, 0.6) is 0 Å². The molecule has 1 atom stereocenters. The highest BCUT2D eigenvalue weighted by Crippen LogP contribution is 2.25. The molecule has 0 saturated heterocycles. The molecule has 0 bridgehead atoms. The first kappa shape index (κ1) is 27.7. The normalized spacial score (nSPS) is 12.3. The smallest absolute Gasteiger partial charge is 0.257 e. The third-order valence-corrected chi connectivity index (χ3v) is 7.09. The SMILES string of the molecule is Cc1cc(C(=O)Nc2ccc(S(C)(=O)=O)cc2)c(C)n1-c1ccccc1C(=O)N[C@@H](CC(C)C)C(N)=O. The quantitative estimate of drug-likeness (QED) is 0.394. The summed E-state index contributed by atoms with van der Waals surface area (Å²) in [5.41, 5.74) is 8.58. The van der Waals surface area contributed by atoms with Gasteiger partial charge in [-0.25, -0.2) is 8.42 Å². The summed E-state index contributed by atoms with van der Waals surface area (Å²) in [5, 5.41) is 5.53. The maximum atomic E-state index is 13.2. The Morgan fingerprint density at radius 2 is 1.57 bits per heavy atom. The molecule has 37 heavy (non-hydrogen) atoms. The third-order valence-electron chi connectivity index (χ3n) is 5.96. The van der Waals surface area contributed by atoms with E-state index in [-0.39, 0.29) is 16.7 Å². The molecule has 3 rings (SSSR count). The highest BCUT2D eigenvalue weighted by molar-refractivity contribution is 7.90. The number of anilines is 1. The Hall–Kier alpha value is -3.92. The van der Waals surface area contributed by atoms with E-state index in [2.05, 4.69) is 10.6 Å². The molecular formula is C27H32N4O5S. The summed E-state index contributed by atoms with van der Waals surface area (Å²) in [6, 6.07) is 13.8. The number of primary amides is 1. The van der Waals surface area contributed by atoms with E-state index >= 15 is 0 Å². The second kappa shape index (κ2) is 11.0. The summed E-state index contributed by atoms with van der Waals surface area (Å²) in [5.74, 6) is -1.26. The van der Waals surface area contributed by atoms with Crippen LogP contribution in [0.15, 0.2) is 59.5 Å². The molecule has 0 spiro atoms. The molecule has 3 amide bonds.